The third-order valence-electron chi connectivity index (χ3n) is 3.48. The molecule has 0 unspecified atom stereocenters. The smallest absolute Gasteiger partial charge is 0.157 e. The first kappa shape index (κ1) is 24.3. The minimum Gasteiger partial charge on any atom is -0.353 e. The van der Waals surface area contributed by atoms with Gasteiger partial charge in [0, 0.05) is 45.5 Å². The molecule has 0 aromatic carbocycles. The van der Waals surface area contributed by atoms with Crippen molar-refractivity contribution in [3.8, 4) is 0 Å². The summed E-state index contributed by atoms with van der Waals surface area (Å²) in [6.45, 7) is 11.1. The summed E-state index contributed by atoms with van der Waals surface area (Å²) < 4.78 is 22.3. The maximum atomic E-state index is 5.57. The Morgan fingerprint density at radius 2 is 0.875 bits per heavy atom. The van der Waals surface area contributed by atoms with Crippen molar-refractivity contribution in [3.05, 3.63) is 0 Å². The molecule has 0 aromatic rings. The molecule has 0 fully saturated rings. The van der Waals surface area contributed by atoms with E-state index >= 15 is 0 Å². The average molecular weight is 375 g/mol. The maximum Gasteiger partial charge on any atom is 0.157 e. The first-order valence-electron chi connectivity index (χ1n) is 9.66. The standard InChI is InChI=1S/C18H38O4Si2/c1-5-19-17(20-6-2)11-9-13-23-15-16-24-14-10-12-18(21-7-3)22-8-4/h17-18H,5-16H2,1-4H3. The van der Waals surface area contributed by atoms with Crippen molar-refractivity contribution in [3.63, 3.8) is 0 Å². The zero-order valence-electron chi connectivity index (χ0n) is 16.3. The van der Waals surface area contributed by atoms with Gasteiger partial charge >= 0.3 is 0 Å². The van der Waals surface area contributed by atoms with Gasteiger partial charge in [-0.3, -0.25) is 0 Å². The van der Waals surface area contributed by atoms with Crippen molar-refractivity contribution < 1.29 is 18.9 Å². The highest BCUT2D eigenvalue weighted by molar-refractivity contribution is 6.42. The molecule has 24 heavy (non-hydrogen) atoms. The van der Waals surface area contributed by atoms with Gasteiger partial charge in [-0.2, -0.15) is 0 Å². The minimum absolute atomic E-state index is 0.00954. The van der Waals surface area contributed by atoms with Gasteiger partial charge in [0.2, 0.25) is 0 Å². The fourth-order valence-electron chi connectivity index (χ4n) is 2.39. The molecule has 0 amide bonds. The van der Waals surface area contributed by atoms with Crippen LogP contribution in [-0.2, 0) is 18.9 Å². The fourth-order valence-corrected chi connectivity index (χ4v) is 5.21. The molecule has 0 aromatic heterocycles. The van der Waals surface area contributed by atoms with Crippen LogP contribution in [0, 0.1) is 0 Å². The largest absolute Gasteiger partial charge is 0.353 e. The van der Waals surface area contributed by atoms with Gasteiger partial charge in [0.05, 0.1) is 0 Å². The van der Waals surface area contributed by atoms with Crippen LogP contribution in [0.3, 0.4) is 0 Å². The van der Waals surface area contributed by atoms with Crippen LogP contribution in [0.4, 0.5) is 0 Å². The summed E-state index contributed by atoms with van der Waals surface area (Å²) in [5.74, 6) is 0. The number of rotatable bonds is 19. The van der Waals surface area contributed by atoms with Crippen LogP contribution >= 0.6 is 0 Å². The molecule has 0 aliphatic heterocycles. The van der Waals surface area contributed by atoms with E-state index in [-0.39, 0.29) is 12.6 Å². The zero-order valence-corrected chi connectivity index (χ0v) is 18.3. The van der Waals surface area contributed by atoms with Crippen molar-refractivity contribution >= 4 is 19.0 Å². The first-order chi connectivity index (χ1) is 11.8. The summed E-state index contributed by atoms with van der Waals surface area (Å²) in [6, 6.07) is 5.40. The Hall–Kier alpha value is 0.274. The molecule has 0 aliphatic carbocycles. The molecule has 6 heteroatoms. The second-order valence-electron chi connectivity index (χ2n) is 5.46. The Balaban J connectivity index is 3.38. The average Bonchev–Trinajstić information content (AvgIpc) is 2.57. The Morgan fingerprint density at radius 3 is 1.17 bits per heavy atom. The monoisotopic (exact) mass is 374 g/mol. The summed E-state index contributed by atoms with van der Waals surface area (Å²) in [5.41, 5.74) is 0. The topological polar surface area (TPSA) is 36.9 Å². The molecule has 142 valence electrons. The van der Waals surface area contributed by atoms with E-state index in [0.29, 0.717) is 0 Å². The molecule has 0 atom stereocenters. The Kier molecular flexibility index (Phi) is 19.8. The second-order valence-corrected chi connectivity index (χ2v) is 8.46. The fraction of sp³-hybridized carbons (Fsp3) is 1.00. The molecular weight excluding hydrogens is 336 g/mol. The van der Waals surface area contributed by atoms with Crippen LogP contribution in [0.5, 0.6) is 0 Å². The maximum absolute atomic E-state index is 5.57. The molecule has 4 radical (unpaired) electrons. The van der Waals surface area contributed by atoms with Crippen LogP contribution in [0.15, 0.2) is 0 Å². The molecule has 0 saturated carbocycles. The lowest BCUT2D eigenvalue weighted by Crippen LogP contribution is -2.17. The van der Waals surface area contributed by atoms with E-state index in [9.17, 15) is 0 Å². The molecular formula is C18H38O4Si2. The molecule has 0 N–H and O–H groups in total. The van der Waals surface area contributed by atoms with Crippen molar-refractivity contribution in [2.45, 2.75) is 90.1 Å². The zero-order chi connectivity index (χ0) is 17.9. The SMILES string of the molecule is CCOC(CCC[Si]CC[Si]CCCC(OCC)OCC)OCC. The third-order valence-corrected chi connectivity index (χ3v) is 6.60. The van der Waals surface area contributed by atoms with Gasteiger partial charge in [-0.25, -0.2) is 0 Å². The van der Waals surface area contributed by atoms with E-state index in [2.05, 4.69) is 0 Å². The van der Waals surface area contributed by atoms with Crippen LogP contribution in [0.1, 0.15) is 53.4 Å². The third kappa shape index (κ3) is 15.8. The van der Waals surface area contributed by atoms with Crippen molar-refractivity contribution in [1.82, 2.24) is 0 Å². The highest BCUT2D eigenvalue weighted by atomic mass is 28.2. The predicted molar refractivity (Wildman–Crippen MR) is 103 cm³/mol. The van der Waals surface area contributed by atoms with Gasteiger partial charge in [-0.05, 0) is 40.5 Å². The van der Waals surface area contributed by atoms with Crippen molar-refractivity contribution in [2.24, 2.45) is 0 Å². The lowest BCUT2D eigenvalue weighted by Gasteiger charge is -2.16. The van der Waals surface area contributed by atoms with E-state index < -0.39 is 0 Å². The van der Waals surface area contributed by atoms with Crippen LogP contribution in [0.2, 0.25) is 24.2 Å². The van der Waals surface area contributed by atoms with Gasteiger partial charge in [-0.1, -0.05) is 37.0 Å². The van der Waals surface area contributed by atoms with Crippen molar-refractivity contribution in [2.75, 3.05) is 26.4 Å². The first-order valence-corrected chi connectivity index (χ1v) is 12.5. The van der Waals surface area contributed by atoms with E-state index in [1.54, 1.807) is 0 Å². The number of ether oxygens (including phenoxy) is 4. The van der Waals surface area contributed by atoms with Gasteiger partial charge in [0.1, 0.15) is 0 Å². The highest BCUT2D eigenvalue weighted by Gasteiger charge is 2.08. The van der Waals surface area contributed by atoms with E-state index in [1.165, 1.54) is 37.0 Å². The number of hydrogen-bond acceptors (Lipinski definition) is 4. The summed E-state index contributed by atoms with van der Waals surface area (Å²) in [7, 11) is 2.18. The van der Waals surface area contributed by atoms with Gasteiger partial charge in [0.15, 0.2) is 12.6 Å². The lowest BCUT2D eigenvalue weighted by molar-refractivity contribution is -0.139. The predicted octanol–water partition coefficient (Wildman–Crippen LogP) is 4.43. The Labute approximate surface area is 155 Å². The van der Waals surface area contributed by atoms with Gasteiger partial charge in [0.25, 0.3) is 0 Å². The minimum atomic E-state index is 0.00954. The normalized spacial score (nSPS) is 11.8. The van der Waals surface area contributed by atoms with E-state index in [4.69, 9.17) is 18.9 Å². The summed E-state index contributed by atoms with van der Waals surface area (Å²) >= 11 is 0. The number of hydrogen-bond donors (Lipinski definition) is 0. The van der Waals surface area contributed by atoms with Crippen LogP contribution in [-0.4, -0.2) is 58.0 Å². The Morgan fingerprint density at radius 1 is 0.542 bits per heavy atom. The van der Waals surface area contributed by atoms with Crippen LogP contribution in [0.25, 0.3) is 0 Å². The van der Waals surface area contributed by atoms with E-state index in [0.717, 1.165) is 58.3 Å². The highest BCUT2D eigenvalue weighted by Crippen LogP contribution is 2.10. The molecule has 0 saturated heterocycles. The molecule has 0 bridgehead atoms. The molecule has 0 rings (SSSR count). The lowest BCUT2D eigenvalue weighted by atomic mass is 10.3. The van der Waals surface area contributed by atoms with Gasteiger partial charge < -0.3 is 18.9 Å². The quantitative estimate of drug-likeness (QED) is 0.190. The summed E-state index contributed by atoms with van der Waals surface area (Å²) in [4.78, 5) is 0. The summed E-state index contributed by atoms with van der Waals surface area (Å²) in [6.07, 6.45) is 4.53. The second kappa shape index (κ2) is 19.6. The Bertz CT molecular complexity index is 209. The molecule has 0 spiro atoms. The summed E-state index contributed by atoms with van der Waals surface area (Å²) in [5, 5.41) is 0. The molecule has 4 nitrogen and oxygen atoms in total. The molecule has 0 aliphatic rings. The van der Waals surface area contributed by atoms with E-state index in [1.807, 2.05) is 27.7 Å². The van der Waals surface area contributed by atoms with Crippen molar-refractivity contribution in [1.29, 1.82) is 0 Å². The molecule has 0 heterocycles. The van der Waals surface area contributed by atoms with Gasteiger partial charge in [-0.15, -0.1) is 0 Å². The van der Waals surface area contributed by atoms with Crippen LogP contribution < -0.4 is 0 Å².